The first-order valence-electron chi connectivity index (χ1n) is 4.37. The molecule has 0 amide bonds. The number of benzene rings is 2. The fourth-order valence-corrected chi connectivity index (χ4v) is 2.16. The Bertz CT molecular complexity index is 446. The molecule has 0 N–H and O–H groups in total. The van der Waals surface area contributed by atoms with Crippen LogP contribution in [0.3, 0.4) is 0 Å². The first-order chi connectivity index (χ1) is 6.92. The predicted octanol–water partition coefficient (Wildman–Crippen LogP) is 3.04. The minimum atomic E-state index is 0.397. The van der Waals surface area contributed by atoms with Gasteiger partial charge in [0.15, 0.2) is 0 Å². The van der Waals surface area contributed by atoms with E-state index in [-0.39, 0.29) is 0 Å². The minimum Gasteiger partial charge on any atom is -0.290 e. The van der Waals surface area contributed by atoms with Gasteiger partial charge in [-0.05, 0) is 16.8 Å². The summed E-state index contributed by atoms with van der Waals surface area (Å²) in [5, 5.41) is 2.42. The molecule has 69 valence electrons. The van der Waals surface area contributed by atoms with Crippen molar-refractivity contribution in [2.75, 3.05) is 5.75 Å². The average molecular weight is 201 g/mol. The molecule has 0 saturated heterocycles. The van der Waals surface area contributed by atoms with Crippen LogP contribution in [0.15, 0.2) is 47.4 Å². The molecule has 0 aromatic heterocycles. The van der Waals surface area contributed by atoms with Gasteiger partial charge in [-0.2, -0.15) is 0 Å². The molecule has 14 heavy (non-hydrogen) atoms. The topological polar surface area (TPSA) is 17.1 Å². The Labute approximate surface area is 87.1 Å². The van der Waals surface area contributed by atoms with Crippen molar-refractivity contribution in [3.8, 4) is 0 Å². The summed E-state index contributed by atoms with van der Waals surface area (Å²) in [6, 6.07) is 14.3. The van der Waals surface area contributed by atoms with Crippen LogP contribution in [0.25, 0.3) is 10.8 Å². The minimum absolute atomic E-state index is 0.397. The van der Waals surface area contributed by atoms with Gasteiger partial charge in [0.05, 0.1) is 5.75 Å². The van der Waals surface area contributed by atoms with E-state index in [9.17, 15) is 4.79 Å². The maximum Gasteiger partial charge on any atom is 0.209 e. The molecule has 1 nitrogen and oxygen atoms in total. The highest BCUT2D eigenvalue weighted by Gasteiger charge is 1.99. The van der Waals surface area contributed by atoms with Crippen LogP contribution in [0, 0.1) is 0 Å². The number of fused-ring (bicyclic) bond motifs is 1. The van der Waals surface area contributed by atoms with Gasteiger partial charge in [0, 0.05) is 4.90 Å². The van der Waals surface area contributed by atoms with Gasteiger partial charge in [-0.1, -0.05) is 36.4 Å². The monoisotopic (exact) mass is 201 g/mol. The Morgan fingerprint density at radius 1 is 1.07 bits per heavy atom. The van der Waals surface area contributed by atoms with Crippen molar-refractivity contribution < 1.29 is 4.79 Å². The number of rotatable bonds is 3. The molecular weight excluding hydrogens is 192 g/mol. The largest absolute Gasteiger partial charge is 0.290 e. The van der Waals surface area contributed by atoms with Gasteiger partial charge in [-0.3, -0.25) is 4.79 Å². The van der Waals surface area contributed by atoms with Gasteiger partial charge in [0.2, 0.25) is 6.29 Å². The van der Waals surface area contributed by atoms with Gasteiger partial charge >= 0.3 is 0 Å². The van der Waals surface area contributed by atoms with Crippen LogP contribution >= 0.6 is 11.8 Å². The van der Waals surface area contributed by atoms with E-state index in [1.54, 1.807) is 0 Å². The lowest BCUT2D eigenvalue weighted by Crippen LogP contribution is -1.81. The number of hydrogen-bond acceptors (Lipinski definition) is 2. The molecule has 0 saturated carbocycles. The second kappa shape index (κ2) is 4.29. The summed E-state index contributed by atoms with van der Waals surface area (Å²) in [5.74, 6) is 0.397. The predicted molar refractivity (Wildman–Crippen MR) is 60.4 cm³/mol. The third-order valence-electron chi connectivity index (χ3n) is 2.04. The van der Waals surface area contributed by atoms with E-state index < -0.39 is 0 Å². The lowest BCUT2D eigenvalue weighted by atomic mass is 10.1. The van der Waals surface area contributed by atoms with Crippen LogP contribution in [0.1, 0.15) is 0 Å². The standard InChI is InChI=1S/C12H9OS/c13-8-9-14-12-7-3-5-10-4-1-2-6-11(10)12/h1-7H,9H2. The van der Waals surface area contributed by atoms with Crippen LogP contribution in [-0.2, 0) is 4.79 Å². The highest BCUT2D eigenvalue weighted by molar-refractivity contribution is 8.00. The summed E-state index contributed by atoms with van der Waals surface area (Å²) in [6.45, 7) is 0. The zero-order valence-electron chi connectivity index (χ0n) is 7.57. The van der Waals surface area contributed by atoms with E-state index in [1.165, 1.54) is 22.5 Å². The first-order valence-corrected chi connectivity index (χ1v) is 5.36. The smallest absolute Gasteiger partial charge is 0.209 e. The van der Waals surface area contributed by atoms with Gasteiger partial charge in [-0.15, -0.1) is 11.8 Å². The Hall–Kier alpha value is -1.28. The molecule has 0 heterocycles. The van der Waals surface area contributed by atoms with E-state index in [2.05, 4.69) is 18.2 Å². The van der Waals surface area contributed by atoms with Crippen LogP contribution in [0.4, 0.5) is 0 Å². The summed E-state index contributed by atoms with van der Waals surface area (Å²) < 4.78 is 0. The quantitative estimate of drug-likeness (QED) is 0.710. The molecular formula is C12H9OS. The summed E-state index contributed by atoms with van der Waals surface area (Å²) in [7, 11) is 0. The molecule has 0 aliphatic carbocycles. The van der Waals surface area contributed by atoms with Crippen LogP contribution in [-0.4, -0.2) is 12.0 Å². The third-order valence-corrected chi connectivity index (χ3v) is 2.97. The van der Waals surface area contributed by atoms with E-state index in [4.69, 9.17) is 0 Å². The van der Waals surface area contributed by atoms with Crippen LogP contribution in [0.5, 0.6) is 0 Å². The van der Waals surface area contributed by atoms with Crippen molar-refractivity contribution in [2.45, 2.75) is 4.90 Å². The summed E-state index contributed by atoms with van der Waals surface area (Å²) in [5.41, 5.74) is 0. The number of carbonyl (C=O) groups excluding carboxylic acids is 1. The molecule has 0 bridgehead atoms. The Morgan fingerprint density at radius 2 is 1.86 bits per heavy atom. The fraction of sp³-hybridized carbons (Fsp3) is 0.0833. The summed E-state index contributed by atoms with van der Waals surface area (Å²) >= 11 is 1.53. The van der Waals surface area contributed by atoms with Crippen molar-refractivity contribution in [3.63, 3.8) is 0 Å². The molecule has 0 fully saturated rings. The van der Waals surface area contributed by atoms with Crippen molar-refractivity contribution in [1.82, 2.24) is 0 Å². The Kier molecular flexibility index (Phi) is 2.84. The van der Waals surface area contributed by atoms with Gasteiger partial charge in [0.25, 0.3) is 0 Å². The van der Waals surface area contributed by atoms with Crippen LogP contribution in [0.2, 0.25) is 0 Å². The van der Waals surface area contributed by atoms with E-state index >= 15 is 0 Å². The molecule has 2 heteroatoms. The number of thioether (sulfide) groups is 1. The molecule has 0 aliphatic heterocycles. The highest BCUT2D eigenvalue weighted by Crippen LogP contribution is 2.26. The van der Waals surface area contributed by atoms with E-state index in [1.807, 2.05) is 30.6 Å². The molecule has 0 atom stereocenters. The lowest BCUT2D eigenvalue weighted by Gasteiger charge is -2.03. The average Bonchev–Trinajstić information content (AvgIpc) is 2.26. The maximum atomic E-state index is 10.2. The Balaban J connectivity index is 2.48. The molecule has 2 rings (SSSR count). The van der Waals surface area contributed by atoms with Gasteiger partial charge in [0.1, 0.15) is 0 Å². The fourth-order valence-electron chi connectivity index (χ4n) is 1.43. The van der Waals surface area contributed by atoms with E-state index in [0.717, 1.165) is 4.90 Å². The zero-order chi connectivity index (χ0) is 9.80. The van der Waals surface area contributed by atoms with E-state index in [0.29, 0.717) is 5.75 Å². The lowest BCUT2D eigenvalue weighted by molar-refractivity contribution is 0.560. The molecule has 1 radical (unpaired) electrons. The maximum absolute atomic E-state index is 10.2. The van der Waals surface area contributed by atoms with Crippen molar-refractivity contribution in [3.05, 3.63) is 42.5 Å². The normalized spacial score (nSPS) is 10.3. The second-order valence-corrected chi connectivity index (χ2v) is 3.93. The third kappa shape index (κ3) is 1.80. The van der Waals surface area contributed by atoms with Crippen molar-refractivity contribution in [1.29, 1.82) is 0 Å². The molecule has 2 aromatic rings. The molecule has 0 aliphatic rings. The SMILES string of the molecule is O=[C]CSc1cccc2ccccc12. The number of hydrogen-bond donors (Lipinski definition) is 0. The highest BCUT2D eigenvalue weighted by atomic mass is 32.2. The van der Waals surface area contributed by atoms with Crippen LogP contribution < -0.4 is 0 Å². The first kappa shape index (κ1) is 9.28. The zero-order valence-corrected chi connectivity index (χ0v) is 8.38. The molecule has 0 unspecified atom stereocenters. The molecule has 2 aromatic carbocycles. The molecule has 0 spiro atoms. The van der Waals surface area contributed by atoms with Gasteiger partial charge < -0.3 is 0 Å². The van der Waals surface area contributed by atoms with Crippen molar-refractivity contribution in [2.24, 2.45) is 0 Å². The summed E-state index contributed by atoms with van der Waals surface area (Å²) in [6.07, 6.45) is 1.89. The second-order valence-electron chi connectivity index (χ2n) is 2.91. The van der Waals surface area contributed by atoms with Crippen molar-refractivity contribution >= 4 is 28.8 Å². The summed E-state index contributed by atoms with van der Waals surface area (Å²) in [4.78, 5) is 11.3. The Morgan fingerprint density at radius 3 is 2.71 bits per heavy atom. The van der Waals surface area contributed by atoms with Gasteiger partial charge in [-0.25, -0.2) is 0 Å².